The van der Waals surface area contributed by atoms with Crippen LogP contribution in [0.25, 0.3) is 5.65 Å². The van der Waals surface area contributed by atoms with Crippen molar-refractivity contribution in [2.75, 3.05) is 5.32 Å². The molecule has 2 heterocycles. The van der Waals surface area contributed by atoms with Crippen molar-refractivity contribution in [3.05, 3.63) is 22.8 Å². The zero-order valence-corrected chi connectivity index (χ0v) is 10.9. The van der Waals surface area contributed by atoms with Gasteiger partial charge in [-0.1, -0.05) is 0 Å². The predicted molar refractivity (Wildman–Crippen MR) is 69.9 cm³/mol. The number of rotatable bonds is 2. The molecule has 0 amide bonds. The van der Waals surface area contributed by atoms with E-state index in [1.807, 2.05) is 18.3 Å². The Hall–Kier alpha value is -1.14. The second-order valence-electron chi connectivity index (χ2n) is 4.41. The molecule has 1 fully saturated rings. The van der Waals surface area contributed by atoms with E-state index in [0.29, 0.717) is 12.0 Å². The molecule has 0 saturated heterocycles. The molecule has 2 atom stereocenters. The smallest absolute Gasteiger partial charge is 0.243 e. The Kier molecular flexibility index (Phi) is 2.76. The van der Waals surface area contributed by atoms with E-state index < -0.39 is 0 Å². The van der Waals surface area contributed by atoms with Gasteiger partial charge in [0.15, 0.2) is 5.65 Å². The second kappa shape index (κ2) is 4.27. The van der Waals surface area contributed by atoms with Gasteiger partial charge in [-0.15, -0.1) is 5.10 Å². The molecule has 0 spiro atoms. The molecule has 1 aliphatic carbocycles. The van der Waals surface area contributed by atoms with Gasteiger partial charge in [0.2, 0.25) is 5.95 Å². The number of halogens is 1. The standard InChI is InChI=1S/C11H14BrN5/c12-7-3-2-6-17-10(7)15-11(16-17)14-9-5-1-4-8(9)13/h2-3,6,8-9H,1,4-5,13H2,(H,14,16). The van der Waals surface area contributed by atoms with Crippen molar-refractivity contribution in [3.8, 4) is 0 Å². The lowest BCUT2D eigenvalue weighted by atomic mass is 10.2. The maximum Gasteiger partial charge on any atom is 0.243 e. The number of aromatic nitrogens is 3. The largest absolute Gasteiger partial charge is 0.349 e. The fourth-order valence-electron chi connectivity index (χ4n) is 2.27. The molecule has 5 nitrogen and oxygen atoms in total. The van der Waals surface area contributed by atoms with E-state index in [0.717, 1.165) is 23.0 Å². The van der Waals surface area contributed by atoms with Gasteiger partial charge >= 0.3 is 0 Å². The van der Waals surface area contributed by atoms with Gasteiger partial charge in [-0.05, 0) is 47.3 Å². The molecule has 2 aromatic rings. The van der Waals surface area contributed by atoms with Crippen LogP contribution in [0.4, 0.5) is 5.95 Å². The van der Waals surface area contributed by atoms with Gasteiger partial charge in [0.25, 0.3) is 0 Å². The number of hydrogen-bond donors (Lipinski definition) is 2. The average Bonchev–Trinajstić information content (AvgIpc) is 2.87. The monoisotopic (exact) mass is 295 g/mol. The summed E-state index contributed by atoms with van der Waals surface area (Å²) in [4.78, 5) is 4.45. The molecular formula is C11H14BrN5. The maximum absolute atomic E-state index is 6.02. The first kappa shape index (κ1) is 11.0. The molecule has 0 aliphatic heterocycles. The van der Waals surface area contributed by atoms with Gasteiger partial charge in [0.1, 0.15) is 0 Å². The fourth-order valence-corrected chi connectivity index (χ4v) is 2.69. The van der Waals surface area contributed by atoms with Crippen LogP contribution in [0, 0.1) is 0 Å². The van der Waals surface area contributed by atoms with Gasteiger partial charge in [-0.25, -0.2) is 4.52 Å². The first-order valence-electron chi connectivity index (χ1n) is 5.77. The van der Waals surface area contributed by atoms with E-state index in [4.69, 9.17) is 5.73 Å². The third-order valence-corrected chi connectivity index (χ3v) is 3.82. The van der Waals surface area contributed by atoms with Crippen LogP contribution < -0.4 is 11.1 Å². The summed E-state index contributed by atoms with van der Waals surface area (Å²) in [5.74, 6) is 0.652. The summed E-state index contributed by atoms with van der Waals surface area (Å²) in [7, 11) is 0. The Bertz CT molecular complexity index is 538. The molecular weight excluding hydrogens is 282 g/mol. The molecule has 2 unspecified atom stereocenters. The summed E-state index contributed by atoms with van der Waals surface area (Å²) < 4.78 is 2.70. The van der Waals surface area contributed by atoms with Gasteiger partial charge in [0.05, 0.1) is 4.47 Å². The summed E-state index contributed by atoms with van der Waals surface area (Å²) in [6, 6.07) is 4.39. The topological polar surface area (TPSA) is 68.2 Å². The van der Waals surface area contributed by atoms with Crippen molar-refractivity contribution >= 4 is 27.5 Å². The summed E-state index contributed by atoms with van der Waals surface area (Å²) in [6.45, 7) is 0. The van der Waals surface area contributed by atoms with Crippen molar-refractivity contribution in [1.29, 1.82) is 0 Å². The fraction of sp³-hybridized carbons (Fsp3) is 0.455. The van der Waals surface area contributed by atoms with Crippen LogP contribution in [0.3, 0.4) is 0 Å². The number of fused-ring (bicyclic) bond motifs is 1. The van der Waals surface area contributed by atoms with Crippen LogP contribution in [-0.4, -0.2) is 26.7 Å². The minimum Gasteiger partial charge on any atom is -0.349 e. The SMILES string of the molecule is NC1CCCC1Nc1nc2c(Br)cccn2n1. The minimum atomic E-state index is 0.213. The normalized spacial score (nSPS) is 24.4. The Morgan fingerprint density at radius 3 is 3.06 bits per heavy atom. The first-order valence-corrected chi connectivity index (χ1v) is 6.56. The lowest BCUT2D eigenvalue weighted by molar-refractivity contribution is 0.633. The summed E-state index contributed by atoms with van der Waals surface area (Å²) in [5.41, 5.74) is 6.84. The van der Waals surface area contributed by atoms with Crippen LogP contribution in [0.1, 0.15) is 19.3 Å². The van der Waals surface area contributed by atoms with Crippen LogP contribution in [0.15, 0.2) is 22.8 Å². The van der Waals surface area contributed by atoms with Crippen LogP contribution in [0.5, 0.6) is 0 Å². The molecule has 1 saturated carbocycles. The number of hydrogen-bond acceptors (Lipinski definition) is 4. The van der Waals surface area contributed by atoms with Crippen molar-refractivity contribution < 1.29 is 0 Å². The van der Waals surface area contributed by atoms with E-state index in [2.05, 4.69) is 31.3 Å². The number of nitrogens with two attached hydrogens (primary N) is 1. The molecule has 0 aromatic carbocycles. The third kappa shape index (κ3) is 2.02. The van der Waals surface area contributed by atoms with E-state index >= 15 is 0 Å². The lowest BCUT2D eigenvalue weighted by Gasteiger charge is -2.15. The second-order valence-corrected chi connectivity index (χ2v) is 5.26. The number of pyridine rings is 1. The van der Waals surface area contributed by atoms with Crippen molar-refractivity contribution in [1.82, 2.24) is 14.6 Å². The number of nitrogens with one attached hydrogen (secondary N) is 1. The maximum atomic E-state index is 6.02. The highest BCUT2D eigenvalue weighted by atomic mass is 79.9. The Balaban J connectivity index is 1.88. The Morgan fingerprint density at radius 1 is 1.47 bits per heavy atom. The van der Waals surface area contributed by atoms with Crippen molar-refractivity contribution in [2.24, 2.45) is 5.73 Å². The third-order valence-electron chi connectivity index (χ3n) is 3.20. The first-order chi connectivity index (χ1) is 8.24. The molecule has 1 aliphatic rings. The molecule has 90 valence electrons. The quantitative estimate of drug-likeness (QED) is 0.886. The average molecular weight is 296 g/mol. The minimum absolute atomic E-state index is 0.213. The predicted octanol–water partition coefficient (Wildman–Crippen LogP) is 1.78. The number of anilines is 1. The summed E-state index contributed by atoms with van der Waals surface area (Å²) in [6.07, 6.45) is 5.23. The molecule has 0 bridgehead atoms. The van der Waals surface area contributed by atoms with Gasteiger partial charge in [-0.2, -0.15) is 4.98 Å². The molecule has 17 heavy (non-hydrogen) atoms. The molecule has 3 N–H and O–H groups in total. The van der Waals surface area contributed by atoms with Gasteiger partial charge < -0.3 is 11.1 Å². The molecule has 2 aromatic heterocycles. The van der Waals surface area contributed by atoms with Crippen LogP contribution in [0.2, 0.25) is 0 Å². The van der Waals surface area contributed by atoms with Gasteiger partial charge in [-0.3, -0.25) is 0 Å². The number of nitrogens with zero attached hydrogens (tertiary/aromatic N) is 3. The molecule has 3 rings (SSSR count). The molecule has 6 heteroatoms. The van der Waals surface area contributed by atoms with Gasteiger partial charge in [0, 0.05) is 18.3 Å². The summed E-state index contributed by atoms with van der Waals surface area (Å²) >= 11 is 3.46. The Labute approximate surface area is 108 Å². The van der Waals surface area contributed by atoms with Crippen LogP contribution in [-0.2, 0) is 0 Å². The van der Waals surface area contributed by atoms with E-state index in [9.17, 15) is 0 Å². The molecule has 0 radical (unpaired) electrons. The van der Waals surface area contributed by atoms with E-state index in [1.54, 1.807) is 4.52 Å². The summed E-state index contributed by atoms with van der Waals surface area (Å²) in [5, 5.41) is 7.70. The van der Waals surface area contributed by atoms with Crippen molar-refractivity contribution in [3.63, 3.8) is 0 Å². The lowest BCUT2D eigenvalue weighted by Crippen LogP contribution is -2.35. The van der Waals surface area contributed by atoms with E-state index in [1.165, 1.54) is 6.42 Å². The van der Waals surface area contributed by atoms with Crippen molar-refractivity contribution in [2.45, 2.75) is 31.3 Å². The zero-order valence-electron chi connectivity index (χ0n) is 9.31. The van der Waals surface area contributed by atoms with E-state index in [-0.39, 0.29) is 6.04 Å². The highest BCUT2D eigenvalue weighted by molar-refractivity contribution is 9.10. The Morgan fingerprint density at radius 2 is 2.35 bits per heavy atom. The zero-order chi connectivity index (χ0) is 11.8. The highest BCUT2D eigenvalue weighted by Crippen LogP contribution is 2.22. The van der Waals surface area contributed by atoms with Crippen LogP contribution >= 0.6 is 15.9 Å². The highest BCUT2D eigenvalue weighted by Gasteiger charge is 2.24.